The van der Waals surface area contributed by atoms with E-state index in [0.29, 0.717) is 31.5 Å². The summed E-state index contributed by atoms with van der Waals surface area (Å²) in [7, 11) is 0. The predicted molar refractivity (Wildman–Crippen MR) is 183 cm³/mol. The van der Waals surface area contributed by atoms with Crippen molar-refractivity contribution in [3.63, 3.8) is 0 Å². The fraction of sp³-hybridized carbons (Fsp3) is 0.300. The van der Waals surface area contributed by atoms with Crippen molar-refractivity contribution in [1.82, 2.24) is 25.3 Å². The lowest BCUT2D eigenvalue weighted by atomic mass is 10.0. The van der Waals surface area contributed by atoms with Crippen LogP contribution < -0.4 is 5.73 Å². The molecule has 0 aliphatic rings. The highest BCUT2D eigenvalue weighted by molar-refractivity contribution is 9.10. The van der Waals surface area contributed by atoms with Gasteiger partial charge in [0.15, 0.2) is 23.2 Å². The van der Waals surface area contributed by atoms with Gasteiger partial charge in [-0.2, -0.15) is 9.97 Å². The Balaban J connectivity index is 0. The van der Waals surface area contributed by atoms with Crippen LogP contribution in [-0.4, -0.2) is 42.1 Å². The van der Waals surface area contributed by atoms with Gasteiger partial charge in [0.2, 0.25) is 5.89 Å². The molecule has 0 fully saturated rings. The van der Waals surface area contributed by atoms with Gasteiger partial charge in [0.1, 0.15) is 22.9 Å². The Kier molecular flexibility index (Phi) is 18.3. The average Bonchev–Trinajstić information content (AvgIpc) is 3.50. The SMILES string of the molecule is C.C.C.C.CC(=O)c1cc(Br)cc(F)c1N.Cc1noc(-c2c(Cl)nc3c(F)cc(Br)cc3c2C)n1.Cc1noc(CC(=O)O)n1. The number of carboxylic acids is 1. The zero-order valence-electron chi connectivity index (χ0n) is 22.3. The molecule has 0 atom stereocenters. The summed E-state index contributed by atoms with van der Waals surface area (Å²) in [5, 5.41) is 16.2. The van der Waals surface area contributed by atoms with E-state index in [1.165, 1.54) is 25.1 Å². The monoisotopic (exact) mass is 792 g/mol. The van der Waals surface area contributed by atoms with Crippen LogP contribution in [0.3, 0.4) is 0 Å². The molecule has 0 unspecified atom stereocenters. The second-order valence-corrected chi connectivity index (χ2v) is 10.7. The Labute approximate surface area is 288 Å². The molecule has 46 heavy (non-hydrogen) atoms. The molecule has 0 saturated carbocycles. The number of halogens is 5. The second-order valence-electron chi connectivity index (χ2n) is 8.54. The summed E-state index contributed by atoms with van der Waals surface area (Å²) in [6.45, 7) is 6.50. The van der Waals surface area contributed by atoms with E-state index in [1.807, 2.05) is 6.92 Å². The van der Waals surface area contributed by atoms with Crippen LogP contribution in [0.4, 0.5) is 14.5 Å². The first kappa shape index (κ1) is 44.3. The highest BCUT2D eigenvalue weighted by Gasteiger charge is 2.19. The molecule has 16 heteroatoms. The summed E-state index contributed by atoms with van der Waals surface area (Å²) < 4.78 is 37.6. The number of nitrogen functional groups attached to an aromatic ring is 1. The molecule has 5 aromatic rings. The molecular weight excluding hydrogens is 758 g/mol. The molecule has 0 aliphatic heterocycles. The summed E-state index contributed by atoms with van der Waals surface area (Å²) in [5.74, 6) is -0.851. The number of carbonyl (C=O) groups excluding carboxylic acids is 1. The minimum Gasteiger partial charge on any atom is -0.481 e. The molecule has 0 saturated heterocycles. The Morgan fingerprint density at radius 2 is 1.43 bits per heavy atom. The zero-order valence-corrected chi connectivity index (χ0v) is 26.2. The zero-order chi connectivity index (χ0) is 31.3. The number of aliphatic carboxylic acids is 1. The Morgan fingerprint density at radius 3 is 1.93 bits per heavy atom. The first-order valence-electron chi connectivity index (χ1n) is 11.7. The Hall–Kier alpha value is -3.82. The summed E-state index contributed by atoms with van der Waals surface area (Å²) in [6.07, 6.45) is -0.208. The molecule has 2 aromatic carbocycles. The van der Waals surface area contributed by atoms with Crippen molar-refractivity contribution in [2.75, 3.05) is 5.73 Å². The van der Waals surface area contributed by atoms with Gasteiger partial charge < -0.3 is 19.9 Å². The Bertz CT molecular complexity index is 1800. The number of carboxylic acid groups (broad SMARTS) is 1. The van der Waals surface area contributed by atoms with E-state index in [-0.39, 0.29) is 75.6 Å². The third-order valence-electron chi connectivity index (χ3n) is 5.31. The van der Waals surface area contributed by atoms with Crippen LogP contribution in [0.1, 0.15) is 70.1 Å². The fourth-order valence-electron chi connectivity index (χ4n) is 3.47. The van der Waals surface area contributed by atoms with Crippen LogP contribution in [0.5, 0.6) is 0 Å². The summed E-state index contributed by atoms with van der Waals surface area (Å²) in [6, 6.07) is 5.86. The molecule has 0 bridgehead atoms. The maximum absolute atomic E-state index is 13.9. The molecule has 3 heterocycles. The van der Waals surface area contributed by atoms with Crippen LogP contribution in [0.15, 0.2) is 42.3 Å². The van der Waals surface area contributed by atoms with E-state index in [1.54, 1.807) is 19.9 Å². The lowest BCUT2D eigenvalue weighted by molar-refractivity contribution is -0.136. The van der Waals surface area contributed by atoms with E-state index in [9.17, 15) is 18.4 Å². The van der Waals surface area contributed by atoms with Gasteiger partial charge >= 0.3 is 5.97 Å². The van der Waals surface area contributed by atoms with Gasteiger partial charge in [0.05, 0.1) is 11.3 Å². The fourth-order valence-corrected chi connectivity index (χ4v) is 4.64. The number of hydrogen-bond acceptors (Lipinski definition) is 10. The van der Waals surface area contributed by atoms with Crippen molar-refractivity contribution in [2.45, 2.75) is 63.8 Å². The van der Waals surface area contributed by atoms with E-state index in [2.05, 4.69) is 61.6 Å². The molecule has 3 N–H and O–H groups in total. The first-order chi connectivity index (χ1) is 19.7. The second kappa shape index (κ2) is 19.0. The molecule has 5 rings (SSSR count). The van der Waals surface area contributed by atoms with E-state index < -0.39 is 17.6 Å². The minimum atomic E-state index is -0.969. The van der Waals surface area contributed by atoms with Crippen molar-refractivity contribution < 1.29 is 32.5 Å². The molecule has 0 aliphatic carbocycles. The van der Waals surface area contributed by atoms with Gasteiger partial charge in [-0.1, -0.05) is 83.5 Å². The molecule has 0 amide bonds. The van der Waals surface area contributed by atoms with Crippen molar-refractivity contribution in [1.29, 1.82) is 0 Å². The number of aromatic nitrogens is 5. The highest BCUT2D eigenvalue weighted by atomic mass is 79.9. The number of anilines is 1. The maximum atomic E-state index is 13.9. The topological polar surface area (TPSA) is 171 Å². The maximum Gasteiger partial charge on any atom is 0.312 e. The van der Waals surface area contributed by atoms with Gasteiger partial charge in [0, 0.05) is 19.9 Å². The number of ketones is 1. The average molecular weight is 795 g/mol. The van der Waals surface area contributed by atoms with E-state index in [4.69, 9.17) is 27.0 Å². The standard InChI is InChI=1S/C13H8BrClFN3O.C8H7BrFNO.C5H6N2O3.4CH4/c1-5-8-3-7(14)4-9(16)11(8)18-12(15)10(5)13-17-6(2)19-20-13;1-4(12)6-2-5(9)3-7(10)8(6)11;1-3-6-4(10-7-3)2-5(8)9;;;;/h3-4H,1-2H3;2-3H,11H2,1H3;2H2,1H3,(H,8,9);4*1H4. The van der Waals surface area contributed by atoms with E-state index in [0.717, 1.165) is 5.56 Å². The van der Waals surface area contributed by atoms with Gasteiger partial charge in [0.25, 0.3) is 5.89 Å². The highest BCUT2D eigenvalue weighted by Crippen LogP contribution is 2.35. The number of Topliss-reactive ketones (excluding diaryl/α,β-unsaturated/α-hetero) is 1. The van der Waals surface area contributed by atoms with Gasteiger partial charge in [-0.25, -0.2) is 13.8 Å². The van der Waals surface area contributed by atoms with Crippen molar-refractivity contribution in [3.8, 4) is 11.5 Å². The van der Waals surface area contributed by atoms with Crippen molar-refractivity contribution in [2.24, 2.45) is 0 Å². The third kappa shape index (κ3) is 11.2. The van der Waals surface area contributed by atoms with Crippen LogP contribution in [0, 0.1) is 32.4 Å². The van der Waals surface area contributed by atoms with Gasteiger partial charge in [-0.3, -0.25) is 9.59 Å². The summed E-state index contributed by atoms with van der Waals surface area (Å²) in [5.41, 5.74) is 6.94. The van der Waals surface area contributed by atoms with Crippen molar-refractivity contribution in [3.05, 3.63) is 78.7 Å². The number of rotatable bonds is 4. The largest absolute Gasteiger partial charge is 0.481 e. The first-order valence-corrected chi connectivity index (χ1v) is 13.7. The van der Waals surface area contributed by atoms with Crippen LogP contribution in [-0.2, 0) is 11.2 Å². The van der Waals surface area contributed by atoms with Gasteiger partial charge in [-0.15, -0.1) is 0 Å². The molecule has 11 nitrogen and oxygen atoms in total. The van der Waals surface area contributed by atoms with Crippen LogP contribution >= 0.6 is 43.5 Å². The van der Waals surface area contributed by atoms with E-state index >= 15 is 0 Å². The molecule has 0 radical (unpaired) electrons. The molecule has 3 aromatic heterocycles. The van der Waals surface area contributed by atoms with Crippen LogP contribution in [0.25, 0.3) is 22.4 Å². The third-order valence-corrected chi connectivity index (χ3v) is 6.50. The van der Waals surface area contributed by atoms with Crippen LogP contribution in [0.2, 0.25) is 5.15 Å². The number of nitrogens with zero attached hydrogens (tertiary/aromatic N) is 5. The number of benzene rings is 2. The number of pyridine rings is 1. The normalized spacial score (nSPS) is 9.59. The summed E-state index contributed by atoms with van der Waals surface area (Å²) in [4.78, 5) is 32.9. The number of fused-ring (bicyclic) bond motifs is 1. The number of hydrogen-bond donors (Lipinski definition) is 2. The Morgan fingerprint density at radius 1 is 0.891 bits per heavy atom. The lowest BCUT2D eigenvalue weighted by Gasteiger charge is -2.09. The van der Waals surface area contributed by atoms with Crippen molar-refractivity contribution >= 4 is 71.8 Å². The predicted octanol–water partition coefficient (Wildman–Crippen LogP) is 9.38. The minimum absolute atomic E-state index is 0. The molecular formula is C30H37Br2ClF2N6O5. The molecule has 0 spiro atoms. The van der Waals surface area contributed by atoms with Gasteiger partial charge in [-0.05, 0) is 57.5 Å². The lowest BCUT2D eigenvalue weighted by Crippen LogP contribution is -2.02. The number of aryl methyl sites for hydroxylation is 3. The smallest absolute Gasteiger partial charge is 0.312 e. The number of nitrogens with two attached hydrogens (primary N) is 1. The number of carbonyl (C=O) groups is 2. The molecule has 252 valence electrons. The summed E-state index contributed by atoms with van der Waals surface area (Å²) >= 11 is 12.5. The quantitative estimate of drug-likeness (QED) is 0.101.